The third-order valence-electron chi connectivity index (χ3n) is 2.34. The van der Waals surface area contributed by atoms with E-state index < -0.39 is 11.0 Å². The highest BCUT2D eigenvalue weighted by atomic mass is 16.6. The van der Waals surface area contributed by atoms with Crippen molar-refractivity contribution in [3.05, 3.63) is 28.3 Å². The van der Waals surface area contributed by atoms with Crippen LogP contribution in [-0.2, 0) is 0 Å². The minimum Gasteiger partial charge on any atom is -0.484 e. The predicted molar refractivity (Wildman–Crippen MR) is 70.4 cm³/mol. The van der Waals surface area contributed by atoms with Gasteiger partial charge in [-0.15, -0.1) is 0 Å². The van der Waals surface area contributed by atoms with Crippen molar-refractivity contribution in [2.45, 2.75) is 26.0 Å². The van der Waals surface area contributed by atoms with Crippen LogP contribution in [-0.4, -0.2) is 40.5 Å². The zero-order valence-electron chi connectivity index (χ0n) is 10.9. The van der Waals surface area contributed by atoms with Crippen LogP contribution in [0.1, 0.15) is 13.8 Å². The first-order valence-electron chi connectivity index (χ1n) is 5.91. The summed E-state index contributed by atoms with van der Waals surface area (Å²) in [6, 6.07) is 3.96. The first-order chi connectivity index (χ1) is 8.99. The third kappa shape index (κ3) is 4.08. The number of ether oxygens (including phenoxy) is 1. The SMILES string of the molecule is CC(C)Oc1cccc(NC(CO)CO)c1[N+](=O)[O-]. The summed E-state index contributed by atoms with van der Waals surface area (Å²) in [7, 11) is 0. The summed E-state index contributed by atoms with van der Waals surface area (Å²) in [6.45, 7) is 2.88. The lowest BCUT2D eigenvalue weighted by Gasteiger charge is -2.17. The monoisotopic (exact) mass is 270 g/mol. The second-order valence-electron chi connectivity index (χ2n) is 4.28. The van der Waals surface area contributed by atoms with Crippen molar-refractivity contribution in [3.63, 3.8) is 0 Å². The summed E-state index contributed by atoms with van der Waals surface area (Å²) in [5.74, 6) is 0.152. The van der Waals surface area contributed by atoms with Gasteiger partial charge in [0, 0.05) is 0 Å². The van der Waals surface area contributed by atoms with Crippen LogP contribution in [0.5, 0.6) is 5.75 Å². The molecule has 0 atom stereocenters. The zero-order chi connectivity index (χ0) is 14.4. The summed E-state index contributed by atoms with van der Waals surface area (Å²) in [5.41, 5.74) is -0.000602. The highest BCUT2D eigenvalue weighted by Crippen LogP contribution is 2.35. The number of nitrogens with one attached hydrogen (secondary N) is 1. The number of aliphatic hydroxyl groups is 2. The van der Waals surface area contributed by atoms with Gasteiger partial charge in [-0.05, 0) is 26.0 Å². The van der Waals surface area contributed by atoms with E-state index in [9.17, 15) is 10.1 Å². The molecular weight excluding hydrogens is 252 g/mol. The molecule has 106 valence electrons. The molecule has 0 unspecified atom stereocenters. The number of para-hydroxylation sites is 1. The lowest BCUT2D eigenvalue weighted by atomic mass is 10.2. The molecule has 3 N–H and O–H groups in total. The molecule has 0 aliphatic carbocycles. The van der Waals surface area contributed by atoms with E-state index in [0.717, 1.165) is 0 Å². The molecule has 7 heteroatoms. The van der Waals surface area contributed by atoms with Gasteiger partial charge in [-0.25, -0.2) is 0 Å². The van der Waals surface area contributed by atoms with E-state index in [1.54, 1.807) is 19.9 Å². The maximum atomic E-state index is 11.1. The van der Waals surface area contributed by atoms with Gasteiger partial charge in [0.25, 0.3) is 0 Å². The van der Waals surface area contributed by atoms with Crippen LogP contribution in [0.4, 0.5) is 11.4 Å². The number of nitro benzene ring substituents is 1. The van der Waals surface area contributed by atoms with Gasteiger partial charge in [-0.1, -0.05) is 6.07 Å². The van der Waals surface area contributed by atoms with Crippen molar-refractivity contribution in [1.82, 2.24) is 0 Å². The van der Waals surface area contributed by atoms with Crippen molar-refractivity contribution in [2.24, 2.45) is 0 Å². The largest absolute Gasteiger partial charge is 0.484 e. The number of aliphatic hydroxyl groups excluding tert-OH is 2. The summed E-state index contributed by atoms with van der Waals surface area (Å²) in [4.78, 5) is 10.6. The van der Waals surface area contributed by atoms with E-state index in [2.05, 4.69) is 5.32 Å². The van der Waals surface area contributed by atoms with Gasteiger partial charge in [0.2, 0.25) is 0 Å². The van der Waals surface area contributed by atoms with E-state index in [1.165, 1.54) is 12.1 Å². The minimum atomic E-state index is -0.659. The number of hydrogen-bond acceptors (Lipinski definition) is 6. The zero-order valence-corrected chi connectivity index (χ0v) is 10.9. The second-order valence-corrected chi connectivity index (χ2v) is 4.28. The lowest BCUT2D eigenvalue weighted by molar-refractivity contribution is -0.385. The van der Waals surface area contributed by atoms with Crippen molar-refractivity contribution in [1.29, 1.82) is 0 Å². The van der Waals surface area contributed by atoms with Crippen molar-refractivity contribution in [3.8, 4) is 5.75 Å². The molecule has 0 fully saturated rings. The summed E-state index contributed by atoms with van der Waals surface area (Å²) < 4.78 is 5.39. The Labute approximate surface area is 111 Å². The molecule has 1 rings (SSSR count). The number of nitro groups is 1. The van der Waals surface area contributed by atoms with Gasteiger partial charge in [0.1, 0.15) is 5.69 Å². The fourth-order valence-corrected chi connectivity index (χ4v) is 1.55. The normalized spacial score (nSPS) is 10.8. The molecule has 0 aromatic heterocycles. The smallest absolute Gasteiger partial charge is 0.333 e. The molecule has 0 heterocycles. The van der Waals surface area contributed by atoms with Gasteiger partial charge in [0.15, 0.2) is 5.75 Å². The fraction of sp³-hybridized carbons (Fsp3) is 0.500. The molecule has 19 heavy (non-hydrogen) atoms. The highest BCUT2D eigenvalue weighted by molar-refractivity contribution is 5.68. The molecular formula is C12H18N2O5. The van der Waals surface area contributed by atoms with E-state index in [-0.39, 0.29) is 36.4 Å². The summed E-state index contributed by atoms with van der Waals surface area (Å²) in [5, 5.41) is 31.9. The van der Waals surface area contributed by atoms with Crippen LogP contribution in [0, 0.1) is 10.1 Å². The summed E-state index contributed by atoms with van der Waals surface area (Å²) in [6.07, 6.45) is -0.194. The van der Waals surface area contributed by atoms with E-state index in [4.69, 9.17) is 14.9 Å². The van der Waals surface area contributed by atoms with Gasteiger partial charge in [0.05, 0.1) is 30.3 Å². The average molecular weight is 270 g/mol. The predicted octanol–water partition coefficient (Wildman–Crippen LogP) is 1.15. The first kappa shape index (κ1) is 15.2. The maximum absolute atomic E-state index is 11.1. The number of rotatable bonds is 7. The molecule has 0 radical (unpaired) electrons. The van der Waals surface area contributed by atoms with Gasteiger partial charge >= 0.3 is 5.69 Å². The van der Waals surface area contributed by atoms with Crippen LogP contribution >= 0.6 is 0 Å². The Hall–Kier alpha value is -1.86. The van der Waals surface area contributed by atoms with Gasteiger partial charge in [-0.3, -0.25) is 10.1 Å². The Morgan fingerprint density at radius 3 is 2.47 bits per heavy atom. The molecule has 1 aromatic rings. The Kier molecular flexibility index (Phi) is 5.53. The van der Waals surface area contributed by atoms with Crippen molar-refractivity contribution in [2.75, 3.05) is 18.5 Å². The van der Waals surface area contributed by atoms with Gasteiger partial charge < -0.3 is 20.3 Å². The van der Waals surface area contributed by atoms with Crippen molar-refractivity contribution < 1.29 is 19.9 Å². The Balaban J connectivity index is 3.12. The summed E-state index contributed by atoms with van der Waals surface area (Å²) >= 11 is 0. The van der Waals surface area contributed by atoms with E-state index in [1.807, 2.05) is 0 Å². The van der Waals surface area contributed by atoms with Gasteiger partial charge in [-0.2, -0.15) is 0 Å². The van der Waals surface area contributed by atoms with E-state index >= 15 is 0 Å². The second kappa shape index (κ2) is 6.91. The Bertz CT molecular complexity index is 432. The molecule has 0 saturated carbocycles. The third-order valence-corrected chi connectivity index (χ3v) is 2.34. The molecule has 0 saturated heterocycles. The topological polar surface area (TPSA) is 105 Å². The number of nitrogens with zero attached hydrogens (tertiary/aromatic N) is 1. The number of benzene rings is 1. The quantitative estimate of drug-likeness (QED) is 0.507. The maximum Gasteiger partial charge on any atom is 0.333 e. The lowest BCUT2D eigenvalue weighted by Crippen LogP contribution is -2.28. The van der Waals surface area contributed by atoms with Crippen LogP contribution in [0.3, 0.4) is 0 Å². The highest BCUT2D eigenvalue weighted by Gasteiger charge is 2.23. The first-order valence-corrected chi connectivity index (χ1v) is 5.91. The minimum absolute atomic E-state index is 0.152. The molecule has 0 bridgehead atoms. The van der Waals surface area contributed by atoms with Crippen molar-refractivity contribution >= 4 is 11.4 Å². The average Bonchev–Trinajstić information content (AvgIpc) is 2.34. The number of anilines is 1. The molecule has 0 amide bonds. The van der Waals surface area contributed by atoms with Crippen LogP contribution < -0.4 is 10.1 Å². The van der Waals surface area contributed by atoms with Crippen LogP contribution in [0.15, 0.2) is 18.2 Å². The van der Waals surface area contributed by atoms with Crippen LogP contribution in [0.25, 0.3) is 0 Å². The molecule has 7 nitrogen and oxygen atoms in total. The molecule has 0 aliphatic rings. The van der Waals surface area contributed by atoms with E-state index in [0.29, 0.717) is 0 Å². The molecule has 0 aliphatic heterocycles. The molecule has 1 aromatic carbocycles. The molecule has 0 spiro atoms. The standard InChI is InChI=1S/C12H18N2O5/c1-8(2)19-11-5-3-4-10(12(11)14(17)18)13-9(6-15)7-16/h3-5,8-9,13,15-16H,6-7H2,1-2H3. The van der Waals surface area contributed by atoms with Crippen LogP contribution in [0.2, 0.25) is 0 Å². The number of hydrogen-bond donors (Lipinski definition) is 3. The Morgan fingerprint density at radius 2 is 2.00 bits per heavy atom. The fourth-order valence-electron chi connectivity index (χ4n) is 1.55. The Morgan fingerprint density at radius 1 is 1.37 bits per heavy atom.